The molecule has 0 heterocycles. The Morgan fingerprint density at radius 3 is 2.08 bits per heavy atom. The van der Waals surface area contributed by atoms with Crippen LogP contribution in [0, 0.1) is 0 Å². The highest BCUT2D eigenvalue weighted by molar-refractivity contribution is 7.90. The zero-order valence-corrected chi connectivity index (χ0v) is 16.9. The van der Waals surface area contributed by atoms with Crippen molar-refractivity contribution in [1.29, 1.82) is 0 Å². The Morgan fingerprint density at radius 2 is 1.46 bits per heavy atom. The predicted octanol–water partition coefficient (Wildman–Crippen LogP) is 3.39. The first kappa shape index (κ1) is 18.8. The first-order valence-corrected chi connectivity index (χ1v) is 12.3. The summed E-state index contributed by atoms with van der Waals surface area (Å²) in [5.74, 6) is -0.0378. The van der Waals surface area contributed by atoms with E-state index in [9.17, 15) is 8.42 Å². The molecule has 0 amide bonds. The molecular formula is C20H22O4SSi. The maximum absolute atomic E-state index is 12.8. The van der Waals surface area contributed by atoms with Crippen LogP contribution >= 0.6 is 0 Å². The summed E-state index contributed by atoms with van der Waals surface area (Å²) in [6, 6.07) is 20.4. The van der Waals surface area contributed by atoms with Gasteiger partial charge in [0.15, 0.2) is 9.84 Å². The van der Waals surface area contributed by atoms with Crippen LogP contribution in [0.2, 0.25) is 6.55 Å². The smallest absolute Gasteiger partial charge is 0.368 e. The lowest BCUT2D eigenvalue weighted by Gasteiger charge is -2.23. The number of hydrogen-bond donors (Lipinski definition) is 0. The normalized spacial score (nSPS) is 12.4. The van der Waals surface area contributed by atoms with Crippen LogP contribution in [0.5, 0.6) is 0 Å². The lowest BCUT2D eigenvalue weighted by atomic mass is 10.1. The summed E-state index contributed by atoms with van der Waals surface area (Å²) < 4.78 is 36.6. The molecule has 3 rings (SSSR count). The summed E-state index contributed by atoms with van der Waals surface area (Å²) in [4.78, 5) is 0.341. The fraction of sp³-hybridized carbons (Fsp3) is 0.200. The van der Waals surface area contributed by atoms with Crippen molar-refractivity contribution in [3.05, 3.63) is 72.3 Å². The van der Waals surface area contributed by atoms with Crippen molar-refractivity contribution in [2.24, 2.45) is 0 Å². The predicted molar refractivity (Wildman–Crippen MR) is 107 cm³/mol. The van der Waals surface area contributed by atoms with Crippen LogP contribution < -0.4 is 5.19 Å². The van der Waals surface area contributed by atoms with Crippen LogP contribution in [0.4, 0.5) is 0 Å². The van der Waals surface area contributed by atoms with E-state index in [0.717, 1.165) is 21.5 Å². The van der Waals surface area contributed by atoms with Gasteiger partial charge in [-0.1, -0.05) is 54.6 Å². The summed E-state index contributed by atoms with van der Waals surface area (Å²) in [6.07, 6.45) is 0. The zero-order chi connectivity index (χ0) is 18.8. The highest BCUT2D eigenvalue weighted by Crippen LogP contribution is 2.22. The van der Waals surface area contributed by atoms with E-state index >= 15 is 0 Å². The second-order valence-electron chi connectivity index (χ2n) is 6.32. The van der Waals surface area contributed by atoms with E-state index in [1.54, 1.807) is 26.4 Å². The third-order valence-corrected chi connectivity index (χ3v) is 9.32. The molecule has 0 N–H and O–H groups in total. The Labute approximate surface area is 155 Å². The number of hydrogen-bond acceptors (Lipinski definition) is 4. The number of sulfone groups is 1. The lowest BCUT2D eigenvalue weighted by Crippen LogP contribution is -2.49. The minimum atomic E-state index is -3.42. The molecular weight excluding hydrogens is 364 g/mol. The molecule has 0 bridgehead atoms. The van der Waals surface area contributed by atoms with Gasteiger partial charge in [0, 0.05) is 14.2 Å². The number of fused-ring (bicyclic) bond motifs is 1. The van der Waals surface area contributed by atoms with E-state index < -0.39 is 18.4 Å². The molecule has 0 saturated heterocycles. The number of rotatable bonds is 6. The van der Waals surface area contributed by atoms with Crippen LogP contribution in [0.15, 0.2) is 71.6 Å². The van der Waals surface area contributed by atoms with Crippen LogP contribution in [0.3, 0.4) is 0 Å². The molecule has 0 aliphatic rings. The molecule has 3 aromatic rings. The minimum Gasteiger partial charge on any atom is -0.394 e. The van der Waals surface area contributed by atoms with E-state index in [1.807, 2.05) is 61.1 Å². The molecule has 136 valence electrons. The summed E-state index contributed by atoms with van der Waals surface area (Å²) in [7, 11) is -2.55. The third kappa shape index (κ3) is 3.73. The molecule has 0 unspecified atom stereocenters. The van der Waals surface area contributed by atoms with Gasteiger partial charge >= 0.3 is 8.56 Å². The zero-order valence-electron chi connectivity index (χ0n) is 15.1. The molecule has 0 atom stereocenters. The van der Waals surface area contributed by atoms with Crippen molar-refractivity contribution < 1.29 is 17.3 Å². The van der Waals surface area contributed by atoms with Gasteiger partial charge in [0.1, 0.15) is 0 Å². The second kappa shape index (κ2) is 7.32. The summed E-state index contributed by atoms with van der Waals surface area (Å²) in [5, 5.41) is 2.92. The largest absolute Gasteiger partial charge is 0.394 e. The molecule has 0 saturated carbocycles. The van der Waals surface area contributed by atoms with Gasteiger partial charge in [-0.3, -0.25) is 0 Å². The molecule has 0 radical (unpaired) electrons. The van der Waals surface area contributed by atoms with Crippen molar-refractivity contribution >= 4 is 34.4 Å². The van der Waals surface area contributed by atoms with E-state index in [1.165, 1.54) is 0 Å². The van der Waals surface area contributed by atoms with Crippen LogP contribution in [0.1, 0.15) is 5.56 Å². The van der Waals surface area contributed by atoms with Crippen LogP contribution in [0.25, 0.3) is 10.8 Å². The highest BCUT2D eigenvalue weighted by atomic mass is 32.2. The van der Waals surface area contributed by atoms with Crippen molar-refractivity contribution in [2.45, 2.75) is 17.2 Å². The van der Waals surface area contributed by atoms with Crippen molar-refractivity contribution in [3.63, 3.8) is 0 Å². The average Bonchev–Trinajstić information content (AvgIpc) is 2.67. The molecule has 0 fully saturated rings. The Hall–Kier alpha value is -1.99. The van der Waals surface area contributed by atoms with Crippen molar-refractivity contribution in [2.75, 3.05) is 14.2 Å². The van der Waals surface area contributed by atoms with Crippen LogP contribution in [-0.2, 0) is 24.4 Å². The lowest BCUT2D eigenvalue weighted by molar-refractivity contribution is 0.265. The van der Waals surface area contributed by atoms with Gasteiger partial charge in [0.2, 0.25) is 0 Å². The standard InChI is InChI=1S/C20H22O4SSi/c1-23-26(3,24-2)20-12-8-16(9-13-20)15-25(21,22)19-11-10-17-6-4-5-7-18(17)14-19/h4-14H,15H2,1-3H3. The Bertz CT molecular complexity index is 1010. The first-order valence-electron chi connectivity index (χ1n) is 8.29. The SMILES string of the molecule is CO[Si](C)(OC)c1ccc(CS(=O)(=O)c2ccc3ccccc3c2)cc1. The summed E-state index contributed by atoms with van der Waals surface area (Å²) in [6.45, 7) is 1.95. The topological polar surface area (TPSA) is 52.6 Å². The maximum Gasteiger partial charge on any atom is 0.368 e. The second-order valence-corrected chi connectivity index (χ2v) is 11.6. The first-order chi connectivity index (χ1) is 12.4. The van der Waals surface area contributed by atoms with Crippen molar-refractivity contribution in [3.8, 4) is 0 Å². The Balaban J connectivity index is 1.87. The Morgan fingerprint density at radius 1 is 0.846 bits per heavy atom. The van der Waals surface area contributed by atoms with Gasteiger partial charge in [-0.25, -0.2) is 8.42 Å². The van der Waals surface area contributed by atoms with Gasteiger partial charge in [0.05, 0.1) is 10.6 Å². The average molecular weight is 387 g/mol. The quantitative estimate of drug-likeness (QED) is 0.610. The minimum absolute atomic E-state index is 0.0378. The van der Waals surface area contributed by atoms with Crippen LogP contribution in [-0.4, -0.2) is 31.2 Å². The number of benzene rings is 3. The fourth-order valence-electron chi connectivity index (χ4n) is 2.89. The van der Waals surface area contributed by atoms with E-state index in [4.69, 9.17) is 8.85 Å². The van der Waals surface area contributed by atoms with E-state index in [0.29, 0.717) is 4.90 Å². The molecule has 3 aromatic carbocycles. The third-order valence-electron chi connectivity index (χ3n) is 4.69. The molecule has 0 spiro atoms. The maximum atomic E-state index is 12.8. The summed E-state index contributed by atoms with van der Waals surface area (Å²) >= 11 is 0. The molecule has 0 aromatic heterocycles. The summed E-state index contributed by atoms with van der Waals surface area (Å²) in [5.41, 5.74) is 0.741. The van der Waals surface area contributed by atoms with Gasteiger partial charge in [-0.2, -0.15) is 0 Å². The Kier molecular flexibility index (Phi) is 5.29. The monoisotopic (exact) mass is 386 g/mol. The van der Waals surface area contributed by atoms with E-state index in [-0.39, 0.29) is 5.75 Å². The molecule has 6 heteroatoms. The molecule has 4 nitrogen and oxygen atoms in total. The highest BCUT2D eigenvalue weighted by Gasteiger charge is 2.31. The van der Waals surface area contributed by atoms with Gasteiger partial charge in [0.25, 0.3) is 0 Å². The van der Waals surface area contributed by atoms with Crippen molar-refractivity contribution in [1.82, 2.24) is 0 Å². The fourth-order valence-corrected chi connectivity index (χ4v) is 5.68. The molecule has 26 heavy (non-hydrogen) atoms. The molecule has 0 aliphatic carbocycles. The van der Waals surface area contributed by atoms with Gasteiger partial charge in [-0.05, 0) is 40.2 Å². The van der Waals surface area contributed by atoms with Gasteiger partial charge < -0.3 is 8.85 Å². The van der Waals surface area contributed by atoms with Gasteiger partial charge in [-0.15, -0.1) is 0 Å². The van der Waals surface area contributed by atoms with E-state index in [2.05, 4.69) is 0 Å². The molecule has 0 aliphatic heterocycles.